The predicted octanol–water partition coefficient (Wildman–Crippen LogP) is 3.84. The molecule has 1 saturated heterocycles. The molecule has 126 valence electrons. The Morgan fingerprint density at radius 2 is 1.80 bits per heavy atom. The minimum atomic E-state index is -0.528. The van der Waals surface area contributed by atoms with Crippen molar-refractivity contribution in [1.82, 2.24) is 0 Å². The summed E-state index contributed by atoms with van der Waals surface area (Å²) < 4.78 is 5.05. The topological polar surface area (TPSA) is 89.8 Å². The lowest BCUT2D eigenvalue weighted by Gasteiger charge is -2.12. The van der Waals surface area contributed by atoms with E-state index >= 15 is 0 Å². The van der Waals surface area contributed by atoms with Crippen LogP contribution in [0.25, 0.3) is 6.08 Å². The maximum absolute atomic E-state index is 12.6. The lowest BCUT2D eigenvalue weighted by Crippen LogP contribution is -2.27. The molecule has 0 bridgehead atoms. The number of imide groups is 1. The molecule has 0 N–H and O–H groups in total. The minimum absolute atomic E-state index is 0.126. The molecule has 2 amide bonds. The van der Waals surface area contributed by atoms with Crippen LogP contribution < -0.4 is 9.64 Å². The summed E-state index contributed by atoms with van der Waals surface area (Å²) in [5, 5.41) is 10.6. The van der Waals surface area contributed by atoms with Gasteiger partial charge in [0.2, 0.25) is 0 Å². The Bertz CT molecular complexity index is 892. The van der Waals surface area contributed by atoms with Crippen molar-refractivity contribution in [3.63, 3.8) is 0 Å². The van der Waals surface area contributed by atoms with Crippen LogP contribution in [-0.4, -0.2) is 23.2 Å². The van der Waals surface area contributed by atoms with E-state index in [1.807, 2.05) is 0 Å². The highest BCUT2D eigenvalue weighted by Crippen LogP contribution is 2.37. The van der Waals surface area contributed by atoms with E-state index < -0.39 is 16.1 Å². The van der Waals surface area contributed by atoms with Crippen LogP contribution in [0.1, 0.15) is 5.56 Å². The summed E-state index contributed by atoms with van der Waals surface area (Å²) in [6.07, 6.45) is 1.37. The summed E-state index contributed by atoms with van der Waals surface area (Å²) in [5.41, 5.74) is 0.556. The number of anilines is 1. The second-order valence-electron chi connectivity index (χ2n) is 5.03. The summed E-state index contributed by atoms with van der Waals surface area (Å²) in [5.74, 6) is 0.0875. The average Bonchev–Trinajstić information content (AvgIpc) is 2.89. The van der Waals surface area contributed by atoms with Gasteiger partial charge in [-0.05, 0) is 48.2 Å². The molecular weight excluding hydrogens is 344 g/mol. The molecule has 0 unspecified atom stereocenters. The molecule has 2 aromatic carbocycles. The highest BCUT2D eigenvalue weighted by atomic mass is 32.2. The van der Waals surface area contributed by atoms with Crippen LogP contribution in [0.2, 0.25) is 0 Å². The molecule has 0 aromatic heterocycles. The lowest BCUT2D eigenvalue weighted by atomic mass is 10.1. The molecule has 25 heavy (non-hydrogen) atoms. The van der Waals surface area contributed by atoms with Crippen molar-refractivity contribution in [1.29, 1.82) is 0 Å². The molecule has 0 spiro atoms. The van der Waals surface area contributed by atoms with Gasteiger partial charge in [0.25, 0.3) is 16.8 Å². The number of methoxy groups -OCH3 is 1. The number of amides is 2. The van der Waals surface area contributed by atoms with Crippen molar-refractivity contribution < 1.29 is 19.2 Å². The number of hydrogen-bond donors (Lipinski definition) is 0. The Morgan fingerprint density at radius 1 is 1.12 bits per heavy atom. The molecule has 1 fully saturated rings. The first-order valence-corrected chi connectivity index (χ1v) is 7.98. The van der Waals surface area contributed by atoms with Gasteiger partial charge in [0.15, 0.2) is 0 Å². The molecule has 7 nitrogen and oxygen atoms in total. The van der Waals surface area contributed by atoms with Gasteiger partial charge in [0.1, 0.15) is 5.75 Å². The van der Waals surface area contributed by atoms with E-state index in [0.717, 1.165) is 16.7 Å². The number of para-hydroxylation sites is 1. The SMILES string of the molecule is COc1ccc(N2C(=O)S/C(=C\c3ccccc3[N+](=O)[O-])C2=O)cc1. The molecule has 1 aliphatic heterocycles. The summed E-state index contributed by atoms with van der Waals surface area (Å²) in [6.45, 7) is 0. The number of rotatable bonds is 4. The molecule has 0 atom stereocenters. The second kappa shape index (κ2) is 6.78. The molecule has 0 saturated carbocycles. The fourth-order valence-electron chi connectivity index (χ4n) is 2.34. The van der Waals surface area contributed by atoms with E-state index in [1.54, 1.807) is 36.4 Å². The highest BCUT2D eigenvalue weighted by molar-refractivity contribution is 8.19. The summed E-state index contributed by atoms with van der Waals surface area (Å²) in [7, 11) is 1.52. The van der Waals surface area contributed by atoms with Crippen molar-refractivity contribution in [2.75, 3.05) is 12.0 Å². The van der Waals surface area contributed by atoms with E-state index in [2.05, 4.69) is 0 Å². The standard InChI is InChI=1S/C17H12N2O5S/c1-24-13-8-6-12(7-9-13)18-16(20)15(25-17(18)21)10-11-4-2-3-5-14(11)19(22)23/h2-10H,1H3/b15-10-. The van der Waals surface area contributed by atoms with Gasteiger partial charge in [-0.3, -0.25) is 19.7 Å². The van der Waals surface area contributed by atoms with Crippen molar-refractivity contribution in [2.24, 2.45) is 0 Å². The number of nitro groups is 1. The van der Waals surface area contributed by atoms with Crippen molar-refractivity contribution in [3.8, 4) is 5.75 Å². The largest absolute Gasteiger partial charge is 0.497 e. The van der Waals surface area contributed by atoms with Crippen LogP contribution in [-0.2, 0) is 4.79 Å². The van der Waals surface area contributed by atoms with Crippen molar-refractivity contribution in [3.05, 3.63) is 69.1 Å². The maximum Gasteiger partial charge on any atom is 0.298 e. The van der Waals surface area contributed by atoms with Crippen LogP contribution in [0.4, 0.5) is 16.2 Å². The van der Waals surface area contributed by atoms with Crippen LogP contribution in [0.3, 0.4) is 0 Å². The molecule has 1 aliphatic rings. The third-order valence-corrected chi connectivity index (χ3v) is 4.41. The molecule has 0 aliphatic carbocycles. The number of hydrogen-bond acceptors (Lipinski definition) is 6. The number of nitro benzene ring substituents is 1. The van der Waals surface area contributed by atoms with Crippen molar-refractivity contribution >= 4 is 40.4 Å². The molecular formula is C17H12N2O5S. The van der Waals surface area contributed by atoms with Crippen LogP contribution >= 0.6 is 11.8 Å². The Balaban J connectivity index is 1.94. The van der Waals surface area contributed by atoms with E-state index in [9.17, 15) is 19.7 Å². The smallest absolute Gasteiger partial charge is 0.298 e. The van der Waals surface area contributed by atoms with Crippen LogP contribution in [0, 0.1) is 10.1 Å². The Hall–Kier alpha value is -3.13. The quantitative estimate of drug-likeness (QED) is 0.470. The Labute approximate surface area is 147 Å². The molecule has 0 radical (unpaired) electrons. The van der Waals surface area contributed by atoms with Gasteiger partial charge in [-0.15, -0.1) is 0 Å². The number of ether oxygens (including phenoxy) is 1. The summed E-state index contributed by atoms with van der Waals surface area (Å²) in [4.78, 5) is 36.5. The summed E-state index contributed by atoms with van der Waals surface area (Å²) in [6, 6.07) is 12.5. The van der Waals surface area contributed by atoms with E-state index in [-0.39, 0.29) is 16.2 Å². The van der Waals surface area contributed by atoms with Gasteiger partial charge in [-0.25, -0.2) is 4.90 Å². The van der Waals surface area contributed by atoms with Gasteiger partial charge < -0.3 is 4.74 Å². The highest BCUT2D eigenvalue weighted by Gasteiger charge is 2.36. The van der Waals surface area contributed by atoms with E-state index in [4.69, 9.17) is 4.74 Å². The third-order valence-electron chi connectivity index (χ3n) is 3.54. The number of thioether (sulfide) groups is 1. The van der Waals surface area contributed by atoms with Gasteiger partial charge in [0, 0.05) is 6.07 Å². The first-order valence-electron chi connectivity index (χ1n) is 7.16. The third kappa shape index (κ3) is 3.24. The predicted molar refractivity (Wildman–Crippen MR) is 94.5 cm³/mol. The van der Waals surface area contributed by atoms with Gasteiger partial charge in [-0.2, -0.15) is 0 Å². The zero-order valence-electron chi connectivity index (χ0n) is 13.0. The Kier molecular flexibility index (Phi) is 4.53. The first kappa shape index (κ1) is 16.7. The van der Waals surface area contributed by atoms with E-state index in [1.165, 1.54) is 25.3 Å². The number of nitrogens with zero attached hydrogens (tertiary/aromatic N) is 2. The first-order chi connectivity index (χ1) is 12.0. The maximum atomic E-state index is 12.6. The molecule has 8 heteroatoms. The minimum Gasteiger partial charge on any atom is -0.497 e. The van der Waals surface area contributed by atoms with Gasteiger partial charge in [0.05, 0.1) is 28.2 Å². The number of carbonyl (C=O) groups is 2. The fourth-order valence-corrected chi connectivity index (χ4v) is 3.17. The van der Waals surface area contributed by atoms with E-state index in [0.29, 0.717) is 11.4 Å². The lowest BCUT2D eigenvalue weighted by molar-refractivity contribution is -0.385. The Morgan fingerprint density at radius 3 is 2.44 bits per heavy atom. The molecule has 2 aromatic rings. The van der Waals surface area contributed by atoms with Crippen LogP contribution in [0.5, 0.6) is 5.75 Å². The monoisotopic (exact) mass is 356 g/mol. The zero-order valence-corrected chi connectivity index (χ0v) is 13.9. The number of carbonyl (C=O) groups excluding carboxylic acids is 2. The number of benzene rings is 2. The zero-order chi connectivity index (χ0) is 18.0. The normalized spacial score (nSPS) is 15.7. The fraction of sp³-hybridized carbons (Fsp3) is 0.0588. The molecule has 3 rings (SSSR count). The van der Waals surface area contributed by atoms with Gasteiger partial charge in [-0.1, -0.05) is 12.1 Å². The molecule has 1 heterocycles. The second-order valence-corrected chi connectivity index (χ2v) is 6.02. The van der Waals surface area contributed by atoms with Crippen LogP contribution in [0.15, 0.2) is 53.4 Å². The van der Waals surface area contributed by atoms with Gasteiger partial charge >= 0.3 is 0 Å². The van der Waals surface area contributed by atoms with Crippen molar-refractivity contribution in [2.45, 2.75) is 0 Å². The summed E-state index contributed by atoms with van der Waals surface area (Å²) >= 11 is 0.747. The average molecular weight is 356 g/mol.